The number of hydrogen-bond donors (Lipinski definition) is 2. The molecule has 7 nitrogen and oxygen atoms in total. The van der Waals surface area contributed by atoms with Gasteiger partial charge in [0.15, 0.2) is 5.96 Å². The summed E-state index contributed by atoms with van der Waals surface area (Å²) in [6.45, 7) is 1.24. The molecule has 0 amide bonds. The van der Waals surface area contributed by atoms with Crippen LogP contribution in [0.2, 0.25) is 0 Å². The lowest BCUT2D eigenvalue weighted by molar-refractivity contribution is -0.384. The lowest BCUT2D eigenvalue weighted by atomic mass is 9.95. The van der Waals surface area contributed by atoms with Crippen molar-refractivity contribution >= 4 is 35.6 Å². The Labute approximate surface area is 194 Å². The van der Waals surface area contributed by atoms with E-state index in [4.69, 9.17) is 4.99 Å². The van der Waals surface area contributed by atoms with Gasteiger partial charge in [-0.1, -0.05) is 24.6 Å². The Morgan fingerprint density at radius 2 is 2.00 bits per heavy atom. The highest BCUT2D eigenvalue weighted by molar-refractivity contribution is 14.0. The van der Waals surface area contributed by atoms with Crippen LogP contribution in [0.3, 0.4) is 0 Å². The molecule has 0 aliphatic heterocycles. The predicted octanol–water partition coefficient (Wildman–Crippen LogP) is 4.07. The number of nitro benzene ring substituents is 1. The molecular weight excluding hydrogens is 493 g/mol. The second-order valence-electron chi connectivity index (χ2n) is 8.01. The van der Waals surface area contributed by atoms with Crippen LogP contribution < -0.4 is 10.6 Å². The van der Waals surface area contributed by atoms with Gasteiger partial charge in [-0.2, -0.15) is 0 Å². The topological polar surface area (TPSA) is 92.5 Å². The Kier molecular flexibility index (Phi) is 8.01. The van der Waals surface area contributed by atoms with Crippen LogP contribution in [0, 0.1) is 22.0 Å². The maximum absolute atomic E-state index is 10.8. The van der Waals surface area contributed by atoms with Crippen molar-refractivity contribution in [3.05, 3.63) is 70.0 Å². The van der Waals surface area contributed by atoms with Gasteiger partial charge < -0.3 is 10.6 Å². The molecule has 1 aromatic heterocycles. The van der Waals surface area contributed by atoms with E-state index in [1.54, 1.807) is 12.1 Å². The molecule has 2 saturated carbocycles. The zero-order chi connectivity index (χ0) is 20.1. The molecule has 4 rings (SSSR count). The van der Waals surface area contributed by atoms with Gasteiger partial charge in [0.05, 0.1) is 11.5 Å². The molecule has 2 aromatic rings. The van der Waals surface area contributed by atoms with E-state index >= 15 is 0 Å². The highest BCUT2D eigenvalue weighted by Crippen LogP contribution is 2.44. The first-order valence-corrected chi connectivity index (χ1v) is 10.4. The Bertz CT molecular complexity index is 860. The van der Waals surface area contributed by atoms with Crippen LogP contribution >= 0.6 is 24.0 Å². The second-order valence-corrected chi connectivity index (χ2v) is 8.01. The zero-order valence-electron chi connectivity index (χ0n) is 16.9. The van der Waals surface area contributed by atoms with Crippen LogP contribution in [0.15, 0.2) is 53.7 Å². The summed E-state index contributed by atoms with van der Waals surface area (Å²) in [5.41, 5.74) is 2.11. The molecule has 3 unspecified atom stereocenters. The van der Waals surface area contributed by atoms with E-state index in [-0.39, 0.29) is 34.6 Å². The number of benzene rings is 1. The van der Waals surface area contributed by atoms with Gasteiger partial charge in [0.25, 0.3) is 5.69 Å². The summed E-state index contributed by atoms with van der Waals surface area (Å²) in [7, 11) is 0. The molecule has 0 spiro atoms. The van der Waals surface area contributed by atoms with Gasteiger partial charge in [-0.3, -0.25) is 15.1 Å². The number of guanidine groups is 1. The van der Waals surface area contributed by atoms with E-state index in [1.165, 1.54) is 37.8 Å². The van der Waals surface area contributed by atoms with Gasteiger partial charge in [-0.05, 0) is 48.8 Å². The van der Waals surface area contributed by atoms with Gasteiger partial charge in [0.1, 0.15) is 0 Å². The summed E-state index contributed by atoms with van der Waals surface area (Å²) in [4.78, 5) is 19.6. The van der Waals surface area contributed by atoms with Gasteiger partial charge in [-0.25, -0.2) is 4.99 Å². The number of aliphatic imine (C=N–C) groups is 1. The minimum atomic E-state index is -0.381. The highest BCUT2D eigenvalue weighted by Gasteiger charge is 2.39. The Morgan fingerprint density at radius 1 is 1.17 bits per heavy atom. The smallest absolute Gasteiger partial charge is 0.269 e. The third kappa shape index (κ3) is 5.90. The summed E-state index contributed by atoms with van der Waals surface area (Å²) in [6, 6.07) is 13.0. The second kappa shape index (κ2) is 10.7. The van der Waals surface area contributed by atoms with Crippen LogP contribution in [0.5, 0.6) is 0 Å². The third-order valence-electron chi connectivity index (χ3n) is 6.03. The van der Waals surface area contributed by atoms with Crippen molar-refractivity contribution < 1.29 is 4.92 Å². The molecule has 2 bridgehead atoms. The molecule has 2 aliphatic carbocycles. The normalized spacial score (nSPS) is 22.4. The highest BCUT2D eigenvalue weighted by atomic mass is 127. The number of pyridine rings is 1. The van der Waals surface area contributed by atoms with Crippen LogP contribution in [0.4, 0.5) is 5.69 Å². The third-order valence-corrected chi connectivity index (χ3v) is 6.03. The number of rotatable bonds is 7. The fraction of sp³-hybridized carbons (Fsp3) is 0.455. The van der Waals surface area contributed by atoms with E-state index < -0.39 is 0 Å². The number of non-ortho nitro benzene ring substituents is 1. The minimum absolute atomic E-state index is 0. The average molecular weight is 521 g/mol. The lowest BCUT2D eigenvalue weighted by Crippen LogP contribution is -2.46. The largest absolute Gasteiger partial charge is 0.356 e. The van der Waals surface area contributed by atoms with Crippen LogP contribution in [0.1, 0.15) is 36.9 Å². The maximum atomic E-state index is 10.8. The summed E-state index contributed by atoms with van der Waals surface area (Å²) >= 11 is 0. The maximum Gasteiger partial charge on any atom is 0.269 e. The number of nitro groups is 1. The van der Waals surface area contributed by atoms with Crippen LogP contribution in [-0.2, 0) is 13.0 Å². The number of halogens is 1. The fourth-order valence-corrected chi connectivity index (χ4v) is 4.50. The number of nitrogens with zero attached hydrogens (tertiary/aromatic N) is 3. The molecule has 2 aliphatic rings. The molecule has 30 heavy (non-hydrogen) atoms. The molecule has 2 fully saturated rings. The number of nitrogens with one attached hydrogen (secondary N) is 2. The van der Waals surface area contributed by atoms with Gasteiger partial charge in [0.2, 0.25) is 0 Å². The van der Waals surface area contributed by atoms with Gasteiger partial charge in [0, 0.05) is 43.0 Å². The summed E-state index contributed by atoms with van der Waals surface area (Å²) < 4.78 is 0. The van der Waals surface area contributed by atoms with Crippen molar-refractivity contribution in [2.75, 3.05) is 6.54 Å². The molecule has 0 saturated heterocycles. The summed E-state index contributed by atoms with van der Waals surface area (Å²) in [5.74, 6) is 2.43. The molecule has 1 heterocycles. The molecular formula is C22H28IN5O2. The molecule has 8 heteroatoms. The van der Waals surface area contributed by atoms with Crippen molar-refractivity contribution in [1.29, 1.82) is 0 Å². The molecule has 2 N–H and O–H groups in total. The van der Waals surface area contributed by atoms with Gasteiger partial charge >= 0.3 is 0 Å². The van der Waals surface area contributed by atoms with E-state index in [1.807, 2.05) is 24.4 Å². The first kappa shape index (κ1) is 22.5. The van der Waals surface area contributed by atoms with E-state index in [2.05, 4.69) is 15.6 Å². The molecule has 160 valence electrons. The first-order valence-electron chi connectivity index (χ1n) is 10.4. The van der Waals surface area contributed by atoms with Crippen LogP contribution in [0.25, 0.3) is 0 Å². The monoisotopic (exact) mass is 521 g/mol. The standard InChI is InChI=1S/C22H27N5O2.HI/c28-27(29)20-8-5-16(6-9-20)15-25-22(24-12-10-19-3-1-2-11-23-19)26-21-14-17-4-7-18(21)13-17;/h1-3,5-6,8-9,11,17-18,21H,4,7,10,12-15H2,(H2,24,25,26);1H. The zero-order valence-corrected chi connectivity index (χ0v) is 19.2. The Morgan fingerprint density at radius 3 is 2.63 bits per heavy atom. The quantitative estimate of drug-likeness (QED) is 0.189. The number of aromatic nitrogens is 1. The molecule has 1 aromatic carbocycles. The number of fused-ring (bicyclic) bond motifs is 2. The Hall–Kier alpha value is -2.23. The van der Waals surface area contributed by atoms with E-state index in [0.29, 0.717) is 12.6 Å². The lowest BCUT2D eigenvalue weighted by Gasteiger charge is -2.25. The van der Waals surface area contributed by atoms with Crippen molar-refractivity contribution in [3.63, 3.8) is 0 Å². The summed E-state index contributed by atoms with van der Waals surface area (Å²) in [5, 5.41) is 17.9. The van der Waals surface area contributed by atoms with Crippen LogP contribution in [-0.4, -0.2) is 28.5 Å². The number of hydrogen-bond acceptors (Lipinski definition) is 4. The first-order chi connectivity index (χ1) is 14.2. The Balaban J connectivity index is 0.00000256. The van der Waals surface area contributed by atoms with Crippen molar-refractivity contribution in [3.8, 4) is 0 Å². The molecule has 0 radical (unpaired) electrons. The average Bonchev–Trinajstić information content (AvgIpc) is 3.36. The molecule has 3 atom stereocenters. The van der Waals surface area contributed by atoms with Gasteiger partial charge in [-0.15, -0.1) is 24.0 Å². The van der Waals surface area contributed by atoms with Crippen molar-refractivity contribution in [2.45, 2.75) is 44.7 Å². The van der Waals surface area contributed by atoms with E-state index in [0.717, 1.165) is 42.0 Å². The summed E-state index contributed by atoms with van der Waals surface area (Å²) in [6.07, 6.45) is 7.88. The SMILES string of the molecule is I.O=[N+]([O-])c1ccc(CN=C(NCCc2ccccn2)NC2CC3CCC2C3)cc1. The fourth-order valence-electron chi connectivity index (χ4n) is 4.50. The minimum Gasteiger partial charge on any atom is -0.356 e. The van der Waals surface area contributed by atoms with Crippen molar-refractivity contribution in [2.24, 2.45) is 16.8 Å². The van der Waals surface area contributed by atoms with Crippen molar-refractivity contribution in [1.82, 2.24) is 15.6 Å². The predicted molar refractivity (Wildman–Crippen MR) is 128 cm³/mol. The van der Waals surface area contributed by atoms with E-state index in [9.17, 15) is 10.1 Å².